The molecule has 0 heterocycles. The summed E-state index contributed by atoms with van der Waals surface area (Å²) < 4.78 is 0. The van der Waals surface area contributed by atoms with Crippen molar-refractivity contribution in [2.24, 2.45) is 5.41 Å². The van der Waals surface area contributed by atoms with Crippen molar-refractivity contribution in [3.05, 3.63) is 0 Å². The Morgan fingerprint density at radius 1 is 1.58 bits per heavy atom. The first kappa shape index (κ1) is 12.1. The summed E-state index contributed by atoms with van der Waals surface area (Å²) in [7, 11) is 0. The minimum absolute atomic E-state index is 0. The predicted octanol–water partition coefficient (Wildman–Crippen LogP) is 1.01. The molecule has 0 bridgehead atoms. The van der Waals surface area contributed by atoms with Gasteiger partial charge in [0.15, 0.2) is 6.10 Å². The number of aliphatic hydroxyl groups excluding tert-OH is 1. The summed E-state index contributed by atoms with van der Waals surface area (Å²) >= 11 is 0. The van der Waals surface area contributed by atoms with Gasteiger partial charge in [-0.2, -0.15) is 0 Å². The van der Waals surface area contributed by atoms with Crippen molar-refractivity contribution >= 4 is 5.97 Å². The summed E-state index contributed by atoms with van der Waals surface area (Å²) in [6.45, 7) is 2.03. The second-order valence-electron chi connectivity index (χ2n) is 3.72. The fourth-order valence-electron chi connectivity index (χ4n) is 1.54. The van der Waals surface area contributed by atoms with Crippen LogP contribution < -0.4 is 0 Å². The Bertz CT molecular complexity index is 166. The molecule has 0 saturated heterocycles. The molecule has 72 valence electrons. The Balaban J connectivity index is 0.00000121. The van der Waals surface area contributed by atoms with E-state index in [4.69, 9.17) is 10.2 Å². The van der Waals surface area contributed by atoms with Gasteiger partial charge in [0.1, 0.15) is 0 Å². The van der Waals surface area contributed by atoms with Gasteiger partial charge in [-0.3, -0.25) is 0 Å². The molecule has 0 radical (unpaired) electrons. The van der Waals surface area contributed by atoms with E-state index in [1.54, 1.807) is 0 Å². The molecule has 0 aromatic heterocycles. The summed E-state index contributed by atoms with van der Waals surface area (Å²) in [4.78, 5) is 10.3. The molecule has 1 fully saturated rings. The molecule has 0 aromatic carbocycles. The van der Waals surface area contributed by atoms with Crippen LogP contribution in [-0.4, -0.2) is 22.3 Å². The van der Waals surface area contributed by atoms with E-state index in [9.17, 15) is 4.79 Å². The molecule has 1 aliphatic rings. The Labute approximate surface area is 86.4 Å². The number of rotatable bonds is 3. The minimum Gasteiger partial charge on any atom is -0.479 e. The average molecular weight is 353 g/mol. The number of carboxylic acids is 1. The van der Waals surface area contributed by atoms with E-state index in [-0.39, 0.29) is 26.5 Å². The van der Waals surface area contributed by atoms with Gasteiger partial charge < -0.3 is 10.2 Å². The SMILES string of the molecule is CC1(CC(O)C(=O)O)CCC1.[Pt+2]. The second-order valence-corrected chi connectivity index (χ2v) is 3.72. The van der Waals surface area contributed by atoms with Gasteiger partial charge >= 0.3 is 27.0 Å². The summed E-state index contributed by atoms with van der Waals surface area (Å²) in [6.07, 6.45) is 2.51. The summed E-state index contributed by atoms with van der Waals surface area (Å²) in [5, 5.41) is 17.4. The van der Waals surface area contributed by atoms with Crippen LogP contribution in [0.4, 0.5) is 0 Å². The first-order chi connectivity index (χ1) is 5.03. The van der Waals surface area contributed by atoms with Crippen LogP contribution in [0.15, 0.2) is 0 Å². The van der Waals surface area contributed by atoms with E-state index in [1.165, 1.54) is 6.42 Å². The van der Waals surface area contributed by atoms with Crippen LogP contribution in [0, 0.1) is 5.41 Å². The van der Waals surface area contributed by atoms with Crippen LogP contribution in [0.5, 0.6) is 0 Å². The molecule has 1 unspecified atom stereocenters. The van der Waals surface area contributed by atoms with Gasteiger partial charge in [-0.15, -0.1) is 0 Å². The fourth-order valence-corrected chi connectivity index (χ4v) is 1.54. The molecule has 1 rings (SSSR count). The zero-order valence-corrected chi connectivity index (χ0v) is 9.30. The van der Waals surface area contributed by atoms with E-state index in [0.717, 1.165) is 12.8 Å². The molecule has 4 heteroatoms. The molecule has 0 aliphatic heterocycles. The molecule has 0 amide bonds. The monoisotopic (exact) mass is 353 g/mol. The maximum Gasteiger partial charge on any atom is 2.00 e. The third kappa shape index (κ3) is 2.87. The summed E-state index contributed by atoms with van der Waals surface area (Å²) in [5.41, 5.74) is 0.0950. The number of hydrogen-bond acceptors (Lipinski definition) is 2. The van der Waals surface area contributed by atoms with E-state index >= 15 is 0 Å². The fraction of sp³-hybridized carbons (Fsp3) is 0.875. The van der Waals surface area contributed by atoms with Crippen molar-refractivity contribution in [1.29, 1.82) is 0 Å². The van der Waals surface area contributed by atoms with Gasteiger partial charge in [-0.05, 0) is 24.7 Å². The van der Waals surface area contributed by atoms with Crippen LogP contribution in [0.2, 0.25) is 0 Å². The van der Waals surface area contributed by atoms with Crippen molar-refractivity contribution < 1.29 is 36.1 Å². The largest absolute Gasteiger partial charge is 2.00 e. The third-order valence-corrected chi connectivity index (χ3v) is 2.53. The van der Waals surface area contributed by atoms with Crippen molar-refractivity contribution in [2.75, 3.05) is 0 Å². The van der Waals surface area contributed by atoms with Crippen LogP contribution in [0.1, 0.15) is 32.6 Å². The number of aliphatic hydroxyl groups is 1. The molecule has 12 heavy (non-hydrogen) atoms. The summed E-state index contributed by atoms with van der Waals surface area (Å²) in [5.74, 6) is -1.10. The summed E-state index contributed by atoms with van der Waals surface area (Å²) in [6, 6.07) is 0. The third-order valence-electron chi connectivity index (χ3n) is 2.53. The van der Waals surface area contributed by atoms with E-state index in [1.807, 2.05) is 6.92 Å². The molecule has 1 aliphatic carbocycles. The number of aliphatic carboxylic acids is 1. The zero-order chi connectivity index (χ0) is 8.48. The minimum atomic E-state index is -1.17. The molecule has 3 nitrogen and oxygen atoms in total. The van der Waals surface area contributed by atoms with Gasteiger partial charge in [-0.25, -0.2) is 4.79 Å². The number of carboxylic acid groups (broad SMARTS) is 1. The van der Waals surface area contributed by atoms with E-state index < -0.39 is 12.1 Å². The van der Waals surface area contributed by atoms with Crippen LogP contribution in [0.25, 0.3) is 0 Å². The van der Waals surface area contributed by atoms with Crippen molar-refractivity contribution in [2.45, 2.75) is 38.7 Å². The van der Waals surface area contributed by atoms with Crippen LogP contribution in [-0.2, 0) is 25.9 Å². The van der Waals surface area contributed by atoms with Crippen LogP contribution >= 0.6 is 0 Å². The molecule has 0 spiro atoms. The maximum atomic E-state index is 10.3. The molecular weight excluding hydrogens is 339 g/mol. The van der Waals surface area contributed by atoms with Gasteiger partial charge in [0.2, 0.25) is 0 Å². The van der Waals surface area contributed by atoms with Crippen molar-refractivity contribution in [3.63, 3.8) is 0 Å². The smallest absolute Gasteiger partial charge is 0.479 e. The number of hydrogen-bond donors (Lipinski definition) is 2. The first-order valence-electron chi connectivity index (χ1n) is 3.94. The molecule has 1 saturated carbocycles. The quantitative estimate of drug-likeness (QED) is 0.796. The van der Waals surface area contributed by atoms with Crippen molar-refractivity contribution in [1.82, 2.24) is 0 Å². The van der Waals surface area contributed by atoms with Gasteiger partial charge in [0, 0.05) is 0 Å². The molecule has 2 N–H and O–H groups in total. The molecular formula is C8H14O3Pt+2. The van der Waals surface area contributed by atoms with E-state index in [2.05, 4.69) is 0 Å². The average Bonchev–Trinajstić information content (AvgIpc) is 1.84. The molecule has 1 atom stereocenters. The van der Waals surface area contributed by atoms with Gasteiger partial charge in [0.25, 0.3) is 0 Å². The zero-order valence-electron chi connectivity index (χ0n) is 7.02. The standard InChI is InChI=1S/C8H14O3.Pt/c1-8(3-2-4-8)5-6(9)7(10)11;/h6,9H,2-5H2,1H3,(H,10,11);/q;+2. The van der Waals surface area contributed by atoms with Gasteiger partial charge in [-0.1, -0.05) is 13.3 Å². The molecule has 0 aromatic rings. The maximum absolute atomic E-state index is 10.3. The Hall–Kier alpha value is 0.118. The number of carbonyl (C=O) groups is 1. The van der Waals surface area contributed by atoms with Crippen LogP contribution in [0.3, 0.4) is 0 Å². The Morgan fingerprint density at radius 2 is 2.08 bits per heavy atom. The normalized spacial score (nSPS) is 21.8. The van der Waals surface area contributed by atoms with Crippen molar-refractivity contribution in [3.8, 4) is 0 Å². The predicted molar refractivity (Wildman–Crippen MR) is 40.2 cm³/mol. The Kier molecular flexibility index (Phi) is 4.42. The van der Waals surface area contributed by atoms with E-state index in [0.29, 0.717) is 6.42 Å². The Morgan fingerprint density at radius 3 is 2.33 bits per heavy atom. The topological polar surface area (TPSA) is 57.5 Å². The first-order valence-corrected chi connectivity index (χ1v) is 3.94. The van der Waals surface area contributed by atoms with Gasteiger partial charge in [0.05, 0.1) is 0 Å². The second kappa shape index (κ2) is 4.38.